The summed E-state index contributed by atoms with van der Waals surface area (Å²) in [6.45, 7) is 4.78. The molecule has 0 unspecified atom stereocenters. The van der Waals surface area contributed by atoms with Crippen LogP contribution < -0.4 is 14.4 Å². The number of carbonyl (C=O) groups is 2. The maximum absolute atomic E-state index is 13.3. The fourth-order valence-electron chi connectivity index (χ4n) is 4.17. The molecule has 2 aromatic carbocycles. The summed E-state index contributed by atoms with van der Waals surface area (Å²) in [7, 11) is 0. The normalized spacial score (nSPS) is 22.8. The van der Waals surface area contributed by atoms with Crippen molar-refractivity contribution in [2.45, 2.75) is 32.3 Å². The van der Waals surface area contributed by atoms with Gasteiger partial charge in [0.25, 0.3) is 5.91 Å². The van der Waals surface area contributed by atoms with Crippen LogP contribution in [0.4, 0.5) is 5.69 Å². The molecule has 148 valence electrons. The second-order valence-electron chi connectivity index (χ2n) is 7.61. The van der Waals surface area contributed by atoms with Crippen LogP contribution in [-0.4, -0.2) is 36.3 Å². The van der Waals surface area contributed by atoms with E-state index < -0.39 is 5.60 Å². The van der Waals surface area contributed by atoms with Crippen LogP contribution in [0.5, 0.6) is 11.5 Å². The summed E-state index contributed by atoms with van der Waals surface area (Å²) in [4.78, 5) is 33.0. The summed E-state index contributed by atoms with van der Waals surface area (Å²) < 4.78 is 11.2. The maximum Gasteiger partial charge on any atom is 0.281 e. The zero-order valence-corrected chi connectivity index (χ0v) is 16.2. The van der Waals surface area contributed by atoms with Gasteiger partial charge in [-0.1, -0.05) is 23.4 Å². The molecule has 0 saturated carbocycles. The first-order valence-corrected chi connectivity index (χ1v) is 9.57. The number of anilines is 1. The Hall–Kier alpha value is -3.35. The summed E-state index contributed by atoms with van der Waals surface area (Å²) in [5, 5.41) is 4.17. The monoisotopic (exact) mass is 392 g/mol. The van der Waals surface area contributed by atoms with Gasteiger partial charge in [0.05, 0.1) is 17.8 Å². The minimum atomic E-state index is -1.28. The van der Waals surface area contributed by atoms with E-state index >= 15 is 0 Å². The number of oxime groups is 1. The summed E-state index contributed by atoms with van der Waals surface area (Å²) in [6.07, 6.45) is 0.204. The molecule has 3 heterocycles. The van der Waals surface area contributed by atoms with Crippen LogP contribution in [0.25, 0.3) is 0 Å². The van der Waals surface area contributed by atoms with Gasteiger partial charge in [-0.05, 0) is 43.2 Å². The lowest BCUT2D eigenvalue weighted by Crippen LogP contribution is -2.41. The third-order valence-corrected chi connectivity index (χ3v) is 5.60. The topological polar surface area (TPSA) is 77.4 Å². The van der Waals surface area contributed by atoms with E-state index in [2.05, 4.69) is 5.16 Å². The Bertz CT molecular complexity index is 1060. The molecule has 2 aromatic rings. The molecule has 7 nitrogen and oxygen atoms in total. The number of benzene rings is 2. The Balaban J connectivity index is 1.44. The molecule has 1 fully saturated rings. The Labute approximate surface area is 167 Å². The van der Waals surface area contributed by atoms with Gasteiger partial charge in [0.1, 0.15) is 13.2 Å². The van der Waals surface area contributed by atoms with Gasteiger partial charge in [-0.3, -0.25) is 9.59 Å². The van der Waals surface area contributed by atoms with Crippen LogP contribution in [0.15, 0.2) is 41.6 Å². The lowest BCUT2D eigenvalue weighted by molar-refractivity contribution is -0.136. The van der Waals surface area contributed by atoms with Crippen molar-refractivity contribution in [3.05, 3.63) is 53.1 Å². The Kier molecular flexibility index (Phi) is 3.87. The largest absolute Gasteiger partial charge is 0.486 e. The number of imide groups is 1. The van der Waals surface area contributed by atoms with Gasteiger partial charge in [-0.2, -0.15) is 0 Å². The number of hydrogen-bond donors (Lipinski definition) is 0. The third-order valence-electron chi connectivity index (χ3n) is 5.60. The number of nitrogens with zero attached hydrogens (tertiary/aromatic N) is 2. The number of para-hydroxylation sites is 1. The first-order valence-electron chi connectivity index (χ1n) is 9.57. The van der Waals surface area contributed by atoms with Crippen molar-refractivity contribution < 1.29 is 23.9 Å². The molecule has 0 aliphatic carbocycles. The number of ether oxygens (including phenoxy) is 2. The average Bonchev–Trinajstić information content (AvgIpc) is 3.24. The molecule has 3 aliphatic rings. The van der Waals surface area contributed by atoms with Crippen LogP contribution >= 0.6 is 0 Å². The van der Waals surface area contributed by atoms with E-state index in [0.717, 1.165) is 16.7 Å². The van der Waals surface area contributed by atoms with Crippen LogP contribution in [0.1, 0.15) is 29.5 Å². The highest BCUT2D eigenvalue weighted by molar-refractivity contribution is 6.26. The van der Waals surface area contributed by atoms with Gasteiger partial charge in [-0.25, -0.2) is 4.90 Å². The molecule has 0 radical (unpaired) electrons. The molecule has 29 heavy (non-hydrogen) atoms. The molecule has 1 spiro atoms. The second kappa shape index (κ2) is 6.34. The number of fused-ring (bicyclic) bond motifs is 1. The van der Waals surface area contributed by atoms with E-state index in [1.54, 1.807) is 0 Å². The molecule has 5 rings (SSSR count). The first-order chi connectivity index (χ1) is 14.0. The average molecular weight is 392 g/mol. The maximum atomic E-state index is 13.3. The van der Waals surface area contributed by atoms with E-state index in [-0.39, 0.29) is 24.7 Å². The summed E-state index contributed by atoms with van der Waals surface area (Å²) >= 11 is 0. The summed E-state index contributed by atoms with van der Waals surface area (Å²) in [5.74, 6) is 0.688. The lowest BCUT2D eigenvalue weighted by Gasteiger charge is -2.22. The third kappa shape index (κ3) is 2.68. The van der Waals surface area contributed by atoms with Crippen molar-refractivity contribution in [3.8, 4) is 11.5 Å². The Morgan fingerprint density at radius 2 is 1.69 bits per heavy atom. The minimum Gasteiger partial charge on any atom is -0.486 e. The zero-order valence-electron chi connectivity index (χ0n) is 16.2. The van der Waals surface area contributed by atoms with E-state index in [1.807, 2.05) is 50.2 Å². The number of rotatable bonds is 2. The molecule has 1 atom stereocenters. The van der Waals surface area contributed by atoms with Crippen molar-refractivity contribution in [3.63, 3.8) is 0 Å². The van der Waals surface area contributed by atoms with Gasteiger partial charge in [0.15, 0.2) is 11.5 Å². The smallest absolute Gasteiger partial charge is 0.281 e. The number of amides is 2. The molecule has 0 aromatic heterocycles. The highest BCUT2D eigenvalue weighted by Crippen LogP contribution is 2.41. The van der Waals surface area contributed by atoms with Gasteiger partial charge >= 0.3 is 0 Å². The lowest BCUT2D eigenvalue weighted by atomic mass is 9.92. The predicted octanol–water partition coefficient (Wildman–Crippen LogP) is 2.90. The second-order valence-corrected chi connectivity index (χ2v) is 7.61. The molecule has 2 amide bonds. The van der Waals surface area contributed by atoms with Crippen LogP contribution in [0.3, 0.4) is 0 Å². The van der Waals surface area contributed by atoms with Crippen LogP contribution in [-0.2, 0) is 14.4 Å². The van der Waals surface area contributed by atoms with E-state index in [0.29, 0.717) is 36.1 Å². The molecular formula is C22H20N2O5. The van der Waals surface area contributed by atoms with Crippen molar-refractivity contribution in [1.82, 2.24) is 0 Å². The van der Waals surface area contributed by atoms with E-state index in [1.165, 1.54) is 4.90 Å². The molecular weight excluding hydrogens is 372 g/mol. The molecule has 0 bridgehead atoms. The molecule has 3 aliphatic heterocycles. The van der Waals surface area contributed by atoms with Crippen molar-refractivity contribution in [1.29, 1.82) is 0 Å². The van der Waals surface area contributed by atoms with Gasteiger partial charge in [0, 0.05) is 12.0 Å². The quantitative estimate of drug-likeness (QED) is 0.735. The standard InChI is InChI=1S/C22H20N2O5/c1-13-4-3-5-14(2)20(13)24-19(25)12-22(21(24)26)11-16(23-29-22)15-6-7-17-18(10-15)28-9-8-27-17/h3-7,10H,8-9,11-12H2,1-2H3/t22-/m1/s1. The van der Waals surface area contributed by atoms with E-state index in [4.69, 9.17) is 14.3 Å². The zero-order chi connectivity index (χ0) is 20.2. The van der Waals surface area contributed by atoms with Gasteiger partial charge < -0.3 is 14.3 Å². The van der Waals surface area contributed by atoms with Crippen molar-refractivity contribution in [2.75, 3.05) is 18.1 Å². The first kappa shape index (κ1) is 17.7. The Morgan fingerprint density at radius 1 is 0.966 bits per heavy atom. The van der Waals surface area contributed by atoms with E-state index in [9.17, 15) is 9.59 Å². The van der Waals surface area contributed by atoms with Crippen molar-refractivity contribution in [2.24, 2.45) is 5.16 Å². The molecule has 0 N–H and O–H groups in total. The molecule has 7 heteroatoms. The number of hydrogen-bond acceptors (Lipinski definition) is 6. The fourth-order valence-corrected chi connectivity index (χ4v) is 4.17. The Morgan fingerprint density at radius 3 is 2.45 bits per heavy atom. The SMILES string of the molecule is Cc1cccc(C)c1N1C(=O)C[C@]2(CC(c3ccc4c(c3)OCCO4)=NO2)C1=O. The predicted molar refractivity (Wildman–Crippen MR) is 105 cm³/mol. The summed E-state index contributed by atoms with van der Waals surface area (Å²) in [5.41, 5.74) is 2.50. The van der Waals surface area contributed by atoms with Gasteiger partial charge in [0.2, 0.25) is 11.5 Å². The number of aryl methyl sites for hydroxylation is 2. The molecule has 1 saturated heterocycles. The highest BCUT2D eigenvalue weighted by Gasteiger charge is 2.58. The van der Waals surface area contributed by atoms with Gasteiger partial charge in [-0.15, -0.1) is 0 Å². The van der Waals surface area contributed by atoms with Crippen molar-refractivity contribution >= 4 is 23.2 Å². The number of carbonyl (C=O) groups excluding carboxylic acids is 2. The minimum absolute atomic E-state index is 0.0306. The summed E-state index contributed by atoms with van der Waals surface area (Å²) in [6, 6.07) is 11.2. The fraction of sp³-hybridized carbons (Fsp3) is 0.318. The highest BCUT2D eigenvalue weighted by atomic mass is 16.7. The van der Waals surface area contributed by atoms with Crippen LogP contribution in [0.2, 0.25) is 0 Å². The van der Waals surface area contributed by atoms with Crippen LogP contribution in [0, 0.1) is 13.8 Å².